The Kier molecular flexibility index (Phi) is 7.13. The van der Waals surface area contributed by atoms with Crippen molar-refractivity contribution in [2.45, 2.75) is 6.92 Å². The summed E-state index contributed by atoms with van der Waals surface area (Å²) in [4.78, 5) is 24.7. The van der Waals surface area contributed by atoms with Gasteiger partial charge < -0.3 is 23.9 Å². The van der Waals surface area contributed by atoms with Gasteiger partial charge in [-0.05, 0) is 54.1 Å². The molecular weight excluding hydrogens is 498 g/mol. The Morgan fingerprint density at radius 1 is 0.897 bits per heavy atom. The maximum absolute atomic E-state index is 12.4. The molecule has 0 saturated heterocycles. The van der Waals surface area contributed by atoms with Crippen LogP contribution in [-0.4, -0.2) is 35.9 Å². The summed E-state index contributed by atoms with van der Waals surface area (Å²) in [6.45, 7) is 1.34. The first-order valence-electron chi connectivity index (χ1n) is 12.0. The van der Waals surface area contributed by atoms with Crippen LogP contribution < -0.4 is 19.5 Å². The molecular formula is C30H25N3O6. The number of methoxy groups -OCH3 is 2. The number of ether oxygens (including phenoxy) is 3. The molecule has 0 atom stereocenters. The minimum absolute atomic E-state index is 0.203. The predicted molar refractivity (Wildman–Crippen MR) is 146 cm³/mol. The lowest BCUT2D eigenvalue weighted by molar-refractivity contribution is -0.132. The third-order valence-electron chi connectivity index (χ3n) is 5.92. The number of furan rings is 1. The monoisotopic (exact) mass is 523 g/mol. The Morgan fingerprint density at radius 2 is 1.67 bits per heavy atom. The number of aromatic nitrogens is 2. The minimum Gasteiger partial charge on any atom is -0.497 e. The van der Waals surface area contributed by atoms with Crippen molar-refractivity contribution in [3.8, 4) is 45.5 Å². The summed E-state index contributed by atoms with van der Waals surface area (Å²) in [7, 11) is 3.14. The van der Waals surface area contributed by atoms with Crippen LogP contribution in [0.5, 0.6) is 17.4 Å². The first-order valence-corrected chi connectivity index (χ1v) is 12.0. The van der Waals surface area contributed by atoms with Gasteiger partial charge in [-0.2, -0.15) is 9.78 Å². The second kappa shape index (κ2) is 11.0. The van der Waals surface area contributed by atoms with Crippen LogP contribution in [0.1, 0.15) is 17.5 Å². The molecule has 0 radical (unpaired) electrons. The molecule has 1 N–H and O–H groups in total. The van der Waals surface area contributed by atoms with Crippen molar-refractivity contribution in [3.63, 3.8) is 0 Å². The fraction of sp³-hybridized carbons (Fsp3) is 0.100. The number of hydrogen-bond donors (Lipinski definition) is 1. The van der Waals surface area contributed by atoms with E-state index in [2.05, 4.69) is 5.32 Å². The number of nitrogens with zero attached hydrogens (tertiary/aromatic N) is 2. The molecule has 9 heteroatoms. The highest BCUT2D eigenvalue weighted by atomic mass is 16.5. The Bertz CT molecular complexity index is 1610. The minimum atomic E-state index is -0.496. The van der Waals surface area contributed by atoms with Gasteiger partial charge in [0.1, 0.15) is 17.2 Å². The van der Waals surface area contributed by atoms with Crippen LogP contribution >= 0.6 is 0 Å². The smallest absolute Gasteiger partial charge is 0.309 e. The molecule has 5 aromatic rings. The molecule has 0 spiro atoms. The standard InChI is InChI=1S/C30H25N3O6/c1-19(34)39-30-27(20-11-13-21(14-12-20)31-29(35)25-10-7-17-38-25)28(32-33(30)22-8-5-4-6-9-22)24-16-15-23(36-2)18-26(24)37-3/h4-18H,1-3H3,(H,31,35). The van der Waals surface area contributed by atoms with E-state index in [4.69, 9.17) is 23.7 Å². The van der Waals surface area contributed by atoms with Gasteiger partial charge in [0.15, 0.2) is 5.76 Å². The van der Waals surface area contributed by atoms with Gasteiger partial charge in [-0.1, -0.05) is 30.3 Å². The van der Waals surface area contributed by atoms with Gasteiger partial charge in [0, 0.05) is 24.2 Å². The number of carbonyl (C=O) groups excluding carboxylic acids is 2. The number of amides is 1. The third kappa shape index (κ3) is 5.24. The zero-order valence-corrected chi connectivity index (χ0v) is 21.5. The average molecular weight is 524 g/mol. The summed E-state index contributed by atoms with van der Waals surface area (Å²) in [5.41, 5.74) is 3.75. The van der Waals surface area contributed by atoms with Crippen LogP contribution in [0, 0.1) is 0 Å². The molecule has 0 fully saturated rings. The van der Waals surface area contributed by atoms with E-state index in [0.717, 1.165) is 0 Å². The number of hydrogen-bond acceptors (Lipinski definition) is 7. The maximum Gasteiger partial charge on any atom is 0.309 e. The number of benzene rings is 3. The summed E-state index contributed by atoms with van der Waals surface area (Å²) in [5.74, 6) is 0.738. The van der Waals surface area contributed by atoms with Gasteiger partial charge in [0.25, 0.3) is 5.91 Å². The van der Waals surface area contributed by atoms with Crippen molar-refractivity contribution in [3.05, 3.63) is 97.0 Å². The second-order valence-electron chi connectivity index (χ2n) is 8.44. The van der Waals surface area contributed by atoms with Crippen molar-refractivity contribution >= 4 is 17.6 Å². The zero-order chi connectivity index (χ0) is 27.4. The zero-order valence-electron chi connectivity index (χ0n) is 21.5. The van der Waals surface area contributed by atoms with E-state index in [1.165, 1.54) is 13.2 Å². The van der Waals surface area contributed by atoms with Crippen LogP contribution in [0.3, 0.4) is 0 Å². The van der Waals surface area contributed by atoms with E-state index in [1.807, 2.05) is 54.6 Å². The summed E-state index contributed by atoms with van der Waals surface area (Å²) < 4.78 is 23.6. The van der Waals surface area contributed by atoms with Crippen molar-refractivity contribution in [1.29, 1.82) is 0 Å². The van der Waals surface area contributed by atoms with Crippen LogP contribution in [0.2, 0.25) is 0 Å². The molecule has 0 bridgehead atoms. The molecule has 3 aromatic carbocycles. The predicted octanol–water partition coefficient (Wildman–Crippen LogP) is 5.99. The normalized spacial score (nSPS) is 10.6. The van der Waals surface area contributed by atoms with Crippen molar-refractivity contribution in [2.75, 3.05) is 19.5 Å². The van der Waals surface area contributed by atoms with Crippen LogP contribution in [0.15, 0.2) is 95.6 Å². The number of nitrogens with one attached hydrogen (secondary N) is 1. The Hall–Kier alpha value is -5.31. The Balaban J connectivity index is 1.67. The number of carbonyl (C=O) groups is 2. The number of rotatable bonds is 8. The summed E-state index contributed by atoms with van der Waals surface area (Å²) in [5, 5.41) is 7.69. The van der Waals surface area contributed by atoms with Crippen molar-refractivity contribution < 1.29 is 28.2 Å². The van der Waals surface area contributed by atoms with Crippen molar-refractivity contribution in [2.24, 2.45) is 0 Å². The second-order valence-corrected chi connectivity index (χ2v) is 8.44. The largest absolute Gasteiger partial charge is 0.497 e. The third-order valence-corrected chi connectivity index (χ3v) is 5.92. The molecule has 5 rings (SSSR count). The SMILES string of the molecule is COc1ccc(-c2nn(-c3ccccc3)c(OC(C)=O)c2-c2ccc(NC(=O)c3ccco3)cc2)c(OC)c1. The topological polar surface area (TPSA) is 105 Å². The molecule has 0 aliphatic carbocycles. The van der Waals surface area contributed by atoms with E-state index in [1.54, 1.807) is 49.2 Å². The van der Waals surface area contributed by atoms with E-state index in [-0.39, 0.29) is 17.5 Å². The van der Waals surface area contributed by atoms with E-state index in [0.29, 0.717) is 45.3 Å². The first-order chi connectivity index (χ1) is 19.0. The van der Waals surface area contributed by atoms with Crippen LogP contribution in [0.25, 0.3) is 28.1 Å². The van der Waals surface area contributed by atoms with Gasteiger partial charge in [0.2, 0.25) is 5.88 Å². The highest BCUT2D eigenvalue weighted by Gasteiger charge is 2.26. The molecule has 1 amide bonds. The van der Waals surface area contributed by atoms with Gasteiger partial charge in [0.05, 0.1) is 31.7 Å². The molecule has 196 valence electrons. The molecule has 2 aromatic heterocycles. The summed E-state index contributed by atoms with van der Waals surface area (Å²) in [6.07, 6.45) is 1.44. The summed E-state index contributed by atoms with van der Waals surface area (Å²) >= 11 is 0. The van der Waals surface area contributed by atoms with Gasteiger partial charge >= 0.3 is 5.97 Å². The summed E-state index contributed by atoms with van der Waals surface area (Å²) in [6, 6.07) is 25.2. The van der Waals surface area contributed by atoms with Gasteiger partial charge in [-0.25, -0.2) is 0 Å². The fourth-order valence-corrected chi connectivity index (χ4v) is 4.14. The van der Waals surface area contributed by atoms with Crippen LogP contribution in [-0.2, 0) is 4.79 Å². The first kappa shape index (κ1) is 25.3. The van der Waals surface area contributed by atoms with E-state index >= 15 is 0 Å². The van der Waals surface area contributed by atoms with Crippen LogP contribution in [0.4, 0.5) is 5.69 Å². The molecule has 2 heterocycles. The number of esters is 1. The quantitative estimate of drug-likeness (QED) is 0.249. The number of para-hydroxylation sites is 1. The molecule has 0 saturated carbocycles. The molecule has 9 nitrogen and oxygen atoms in total. The fourth-order valence-electron chi connectivity index (χ4n) is 4.14. The Labute approximate surface area is 224 Å². The molecule has 0 aliphatic rings. The average Bonchev–Trinajstić information content (AvgIpc) is 3.62. The lowest BCUT2D eigenvalue weighted by Crippen LogP contribution is -2.10. The van der Waals surface area contributed by atoms with E-state index in [9.17, 15) is 9.59 Å². The highest BCUT2D eigenvalue weighted by Crippen LogP contribution is 2.44. The van der Waals surface area contributed by atoms with Crippen molar-refractivity contribution in [1.82, 2.24) is 9.78 Å². The molecule has 0 aliphatic heterocycles. The molecule has 39 heavy (non-hydrogen) atoms. The molecule has 0 unspecified atom stereocenters. The lowest BCUT2D eigenvalue weighted by Gasteiger charge is -2.12. The van der Waals surface area contributed by atoms with Gasteiger partial charge in [-0.15, -0.1) is 0 Å². The Morgan fingerprint density at radius 3 is 2.31 bits per heavy atom. The highest BCUT2D eigenvalue weighted by molar-refractivity contribution is 6.02. The maximum atomic E-state index is 12.4. The van der Waals surface area contributed by atoms with E-state index < -0.39 is 5.97 Å². The lowest BCUT2D eigenvalue weighted by atomic mass is 10.00. The number of anilines is 1. The van der Waals surface area contributed by atoms with Gasteiger partial charge in [-0.3, -0.25) is 9.59 Å².